The first-order valence-electron chi connectivity index (χ1n) is 6.01. The van der Waals surface area contributed by atoms with E-state index in [4.69, 9.17) is 0 Å². The summed E-state index contributed by atoms with van der Waals surface area (Å²) in [4.78, 5) is 11.3. The molecule has 94 valence electrons. The highest BCUT2D eigenvalue weighted by molar-refractivity contribution is 5.71. The van der Waals surface area contributed by atoms with Gasteiger partial charge in [-0.05, 0) is 24.2 Å². The maximum atomic E-state index is 11.3. The molecule has 1 aliphatic carbocycles. The molecule has 0 radical (unpaired) electrons. The molecule has 3 unspecified atom stereocenters. The molecule has 1 N–H and O–H groups in total. The zero-order chi connectivity index (χ0) is 12.6. The van der Waals surface area contributed by atoms with Crippen LogP contribution in [0.25, 0.3) is 0 Å². The van der Waals surface area contributed by atoms with Gasteiger partial charge in [0, 0.05) is 6.04 Å². The van der Waals surface area contributed by atoms with Gasteiger partial charge in [-0.1, -0.05) is 20.8 Å². The molecule has 3 atom stereocenters. The quantitative estimate of drug-likeness (QED) is 0.854. The zero-order valence-corrected chi connectivity index (χ0v) is 10.5. The van der Waals surface area contributed by atoms with Gasteiger partial charge in [0.15, 0.2) is 0 Å². The largest absolute Gasteiger partial charge is 0.481 e. The van der Waals surface area contributed by atoms with E-state index in [2.05, 4.69) is 17.1 Å². The van der Waals surface area contributed by atoms with Gasteiger partial charge < -0.3 is 9.67 Å². The predicted molar refractivity (Wildman–Crippen MR) is 62.4 cm³/mol. The van der Waals surface area contributed by atoms with Crippen LogP contribution in [0.1, 0.15) is 39.7 Å². The van der Waals surface area contributed by atoms with E-state index in [0.717, 1.165) is 12.8 Å². The van der Waals surface area contributed by atoms with Crippen LogP contribution >= 0.6 is 0 Å². The fourth-order valence-electron chi connectivity index (χ4n) is 3.00. The fourth-order valence-corrected chi connectivity index (χ4v) is 3.00. The average molecular weight is 237 g/mol. The van der Waals surface area contributed by atoms with Crippen LogP contribution in [0.3, 0.4) is 0 Å². The van der Waals surface area contributed by atoms with Crippen molar-refractivity contribution in [1.29, 1.82) is 0 Å². The summed E-state index contributed by atoms with van der Waals surface area (Å²) in [6.45, 7) is 6.22. The van der Waals surface area contributed by atoms with Gasteiger partial charge in [0.05, 0.1) is 5.92 Å². The van der Waals surface area contributed by atoms with E-state index in [1.807, 2.05) is 18.4 Å². The van der Waals surface area contributed by atoms with Gasteiger partial charge in [-0.2, -0.15) is 0 Å². The minimum Gasteiger partial charge on any atom is -0.481 e. The van der Waals surface area contributed by atoms with E-state index in [-0.39, 0.29) is 17.3 Å². The first kappa shape index (κ1) is 12.1. The van der Waals surface area contributed by atoms with Gasteiger partial charge in [0.1, 0.15) is 12.7 Å². The van der Waals surface area contributed by atoms with E-state index >= 15 is 0 Å². The Kier molecular flexibility index (Phi) is 2.93. The number of nitrogens with zero attached hydrogens (tertiary/aromatic N) is 3. The summed E-state index contributed by atoms with van der Waals surface area (Å²) in [6.07, 6.45) is 5.03. The molecule has 1 aliphatic rings. The molecule has 1 saturated carbocycles. The molecule has 0 amide bonds. The standard InChI is InChI=1S/C12H19N3O2/c1-8-10(15-6-13-14-7-15)5-4-9(11(16)17)12(8,2)3/h6-10H,4-5H2,1-3H3,(H,16,17). The topological polar surface area (TPSA) is 68.0 Å². The van der Waals surface area contributed by atoms with Crippen molar-refractivity contribution >= 4 is 5.97 Å². The molecule has 5 nitrogen and oxygen atoms in total. The van der Waals surface area contributed by atoms with Crippen molar-refractivity contribution in [2.75, 3.05) is 0 Å². The summed E-state index contributed by atoms with van der Waals surface area (Å²) >= 11 is 0. The smallest absolute Gasteiger partial charge is 0.307 e. The van der Waals surface area contributed by atoms with E-state index in [9.17, 15) is 9.90 Å². The van der Waals surface area contributed by atoms with Crippen LogP contribution < -0.4 is 0 Å². The number of carboxylic acids is 1. The number of carbonyl (C=O) groups is 1. The molecule has 1 heterocycles. The minimum absolute atomic E-state index is 0.209. The summed E-state index contributed by atoms with van der Waals surface area (Å²) in [5.41, 5.74) is -0.209. The number of aliphatic carboxylic acids is 1. The molecule has 1 fully saturated rings. The Balaban J connectivity index is 2.25. The van der Waals surface area contributed by atoms with Crippen molar-refractivity contribution in [3.8, 4) is 0 Å². The minimum atomic E-state index is -0.677. The van der Waals surface area contributed by atoms with Crippen LogP contribution in [-0.2, 0) is 4.79 Å². The molecular formula is C12H19N3O2. The van der Waals surface area contributed by atoms with Gasteiger partial charge in [0.25, 0.3) is 0 Å². The molecular weight excluding hydrogens is 218 g/mol. The van der Waals surface area contributed by atoms with Crippen molar-refractivity contribution in [1.82, 2.24) is 14.8 Å². The maximum absolute atomic E-state index is 11.3. The number of hydrogen-bond acceptors (Lipinski definition) is 3. The van der Waals surface area contributed by atoms with E-state index < -0.39 is 5.97 Å². The molecule has 0 aliphatic heterocycles. The summed E-state index contributed by atoms with van der Waals surface area (Å²) < 4.78 is 2.00. The highest BCUT2D eigenvalue weighted by Gasteiger charge is 2.46. The lowest BCUT2D eigenvalue weighted by Crippen LogP contribution is -2.44. The molecule has 0 aromatic carbocycles. The normalized spacial score (nSPS) is 32.3. The molecule has 5 heteroatoms. The Morgan fingerprint density at radius 2 is 1.94 bits per heavy atom. The summed E-state index contributed by atoms with van der Waals surface area (Å²) in [5, 5.41) is 16.9. The first-order chi connectivity index (χ1) is 7.94. The van der Waals surface area contributed by atoms with Crippen LogP contribution in [0.2, 0.25) is 0 Å². The van der Waals surface area contributed by atoms with E-state index in [1.54, 1.807) is 12.7 Å². The van der Waals surface area contributed by atoms with Gasteiger partial charge in [-0.25, -0.2) is 0 Å². The second-order valence-electron chi connectivity index (χ2n) is 5.55. The highest BCUT2D eigenvalue weighted by atomic mass is 16.4. The predicted octanol–water partition coefficient (Wildman–Crippen LogP) is 1.98. The Bertz CT molecular complexity index is 400. The van der Waals surface area contributed by atoms with Crippen molar-refractivity contribution in [2.24, 2.45) is 17.3 Å². The van der Waals surface area contributed by atoms with Gasteiger partial charge in [-0.15, -0.1) is 10.2 Å². The molecule has 1 aromatic heterocycles. The van der Waals surface area contributed by atoms with Crippen molar-refractivity contribution < 1.29 is 9.90 Å². The molecule has 0 bridgehead atoms. The second-order valence-corrected chi connectivity index (χ2v) is 5.55. The monoisotopic (exact) mass is 237 g/mol. The lowest BCUT2D eigenvalue weighted by Gasteiger charge is -2.46. The third kappa shape index (κ3) is 1.94. The van der Waals surface area contributed by atoms with E-state index in [1.165, 1.54) is 0 Å². The molecule has 0 spiro atoms. The number of hydrogen-bond donors (Lipinski definition) is 1. The van der Waals surface area contributed by atoms with Crippen molar-refractivity contribution in [3.05, 3.63) is 12.7 Å². The third-order valence-corrected chi connectivity index (χ3v) is 4.52. The SMILES string of the molecule is CC1C(n2cnnc2)CCC(C(=O)O)C1(C)C. The van der Waals surface area contributed by atoms with Gasteiger partial charge >= 0.3 is 5.97 Å². The molecule has 2 rings (SSSR count). The lowest BCUT2D eigenvalue weighted by molar-refractivity contribution is -0.150. The zero-order valence-electron chi connectivity index (χ0n) is 10.5. The third-order valence-electron chi connectivity index (χ3n) is 4.52. The Morgan fingerprint density at radius 3 is 2.47 bits per heavy atom. The lowest BCUT2D eigenvalue weighted by atomic mass is 9.61. The van der Waals surface area contributed by atoms with E-state index in [0.29, 0.717) is 6.04 Å². The average Bonchev–Trinajstić information content (AvgIpc) is 2.74. The van der Waals surface area contributed by atoms with Crippen LogP contribution in [-0.4, -0.2) is 25.8 Å². The Morgan fingerprint density at radius 1 is 1.35 bits per heavy atom. The van der Waals surface area contributed by atoms with Crippen LogP contribution in [0, 0.1) is 17.3 Å². The summed E-state index contributed by atoms with van der Waals surface area (Å²) in [7, 11) is 0. The summed E-state index contributed by atoms with van der Waals surface area (Å²) in [5.74, 6) is -0.650. The second kappa shape index (κ2) is 4.13. The fraction of sp³-hybridized carbons (Fsp3) is 0.750. The maximum Gasteiger partial charge on any atom is 0.307 e. The summed E-state index contributed by atoms with van der Waals surface area (Å²) in [6, 6.07) is 0.301. The molecule has 0 saturated heterocycles. The molecule has 17 heavy (non-hydrogen) atoms. The van der Waals surface area contributed by atoms with Gasteiger partial charge in [-0.3, -0.25) is 4.79 Å². The molecule has 1 aromatic rings. The number of aromatic nitrogens is 3. The highest BCUT2D eigenvalue weighted by Crippen LogP contribution is 2.49. The van der Waals surface area contributed by atoms with Crippen molar-refractivity contribution in [3.63, 3.8) is 0 Å². The van der Waals surface area contributed by atoms with Gasteiger partial charge in [0.2, 0.25) is 0 Å². The number of rotatable bonds is 2. The van der Waals surface area contributed by atoms with Crippen LogP contribution in [0.5, 0.6) is 0 Å². The first-order valence-corrected chi connectivity index (χ1v) is 6.01. The Labute approximate surface area is 101 Å². The van der Waals surface area contributed by atoms with Crippen LogP contribution in [0.4, 0.5) is 0 Å². The van der Waals surface area contributed by atoms with Crippen molar-refractivity contribution in [2.45, 2.75) is 39.7 Å². The number of carboxylic acid groups (broad SMARTS) is 1. The Hall–Kier alpha value is -1.39. The van der Waals surface area contributed by atoms with Crippen LogP contribution in [0.15, 0.2) is 12.7 Å².